The van der Waals surface area contributed by atoms with Crippen molar-refractivity contribution in [3.63, 3.8) is 0 Å². The van der Waals surface area contributed by atoms with Crippen molar-refractivity contribution < 1.29 is 14.4 Å². The molecule has 0 bridgehead atoms. The fourth-order valence-corrected chi connectivity index (χ4v) is 2.13. The predicted octanol–water partition coefficient (Wildman–Crippen LogP) is 1.19. The zero-order valence-electron chi connectivity index (χ0n) is 9.64. The molecule has 0 aliphatic carbocycles. The highest BCUT2D eigenvalue weighted by Gasteiger charge is 2.25. The molecule has 0 unspecified atom stereocenters. The molecular formula is C11H13N3O4. The van der Waals surface area contributed by atoms with Gasteiger partial charge >= 0.3 is 5.69 Å². The lowest BCUT2D eigenvalue weighted by Gasteiger charge is -2.13. The van der Waals surface area contributed by atoms with Crippen LogP contribution in [0.5, 0.6) is 5.75 Å². The van der Waals surface area contributed by atoms with Crippen LogP contribution in [-0.2, 0) is 11.3 Å². The minimum absolute atomic E-state index is 0.00569. The first-order valence-corrected chi connectivity index (χ1v) is 5.78. The van der Waals surface area contributed by atoms with Crippen LogP contribution in [-0.4, -0.2) is 24.2 Å². The second-order valence-corrected chi connectivity index (χ2v) is 4.32. The number of hydrogen-bond acceptors (Lipinski definition) is 6. The molecule has 2 aliphatic heterocycles. The molecule has 1 aromatic rings. The third-order valence-electron chi connectivity index (χ3n) is 3.06. The number of ether oxygens (including phenoxy) is 2. The molecule has 1 aromatic carbocycles. The van der Waals surface area contributed by atoms with Gasteiger partial charge in [-0.25, -0.2) is 5.43 Å². The standard InChI is InChI=1S/C11H13N3O4/c15-14(16)10-3-7-5-12-13-9(7)4-11(10)18-8-1-2-17-6-8/h3-4,8,12-13H,1-2,5-6H2/t8-/m0/s1. The minimum Gasteiger partial charge on any atom is -0.481 e. The Bertz CT molecular complexity index is 485. The molecule has 0 saturated carbocycles. The van der Waals surface area contributed by atoms with Gasteiger partial charge in [-0.15, -0.1) is 0 Å². The Balaban J connectivity index is 1.92. The Labute approximate surface area is 103 Å². The van der Waals surface area contributed by atoms with E-state index in [1.54, 1.807) is 12.1 Å². The van der Waals surface area contributed by atoms with Gasteiger partial charge in [0.15, 0.2) is 5.75 Å². The number of hydrazine groups is 1. The highest BCUT2D eigenvalue weighted by molar-refractivity contribution is 5.64. The summed E-state index contributed by atoms with van der Waals surface area (Å²) in [6.45, 7) is 1.70. The molecule has 0 amide bonds. The van der Waals surface area contributed by atoms with Gasteiger partial charge in [-0.3, -0.25) is 10.1 Å². The Hall–Kier alpha value is -1.86. The van der Waals surface area contributed by atoms with E-state index in [1.165, 1.54) is 0 Å². The van der Waals surface area contributed by atoms with E-state index in [0.29, 0.717) is 25.5 Å². The maximum Gasteiger partial charge on any atom is 0.311 e. The Morgan fingerprint density at radius 3 is 3.11 bits per heavy atom. The molecule has 2 N–H and O–H groups in total. The first-order valence-electron chi connectivity index (χ1n) is 5.78. The Kier molecular flexibility index (Phi) is 2.77. The van der Waals surface area contributed by atoms with Gasteiger partial charge in [0.2, 0.25) is 0 Å². The van der Waals surface area contributed by atoms with Crippen LogP contribution in [0.2, 0.25) is 0 Å². The molecule has 0 radical (unpaired) electrons. The summed E-state index contributed by atoms with van der Waals surface area (Å²) in [4.78, 5) is 10.6. The fourth-order valence-electron chi connectivity index (χ4n) is 2.13. The number of nitro benzene ring substituents is 1. The van der Waals surface area contributed by atoms with E-state index in [9.17, 15) is 10.1 Å². The van der Waals surface area contributed by atoms with E-state index in [0.717, 1.165) is 17.7 Å². The molecule has 3 rings (SSSR count). The zero-order valence-corrected chi connectivity index (χ0v) is 9.64. The summed E-state index contributed by atoms with van der Waals surface area (Å²) in [5, 5.41) is 11.0. The molecule has 96 valence electrons. The Morgan fingerprint density at radius 1 is 1.50 bits per heavy atom. The number of hydrogen-bond donors (Lipinski definition) is 2. The monoisotopic (exact) mass is 251 g/mol. The van der Waals surface area contributed by atoms with E-state index < -0.39 is 4.92 Å². The molecule has 0 aromatic heterocycles. The van der Waals surface area contributed by atoms with Gasteiger partial charge in [-0.05, 0) is 5.56 Å². The lowest BCUT2D eigenvalue weighted by atomic mass is 10.1. The molecule has 2 heterocycles. The van der Waals surface area contributed by atoms with Crippen LogP contribution in [0.4, 0.5) is 11.4 Å². The van der Waals surface area contributed by atoms with Crippen molar-refractivity contribution in [2.24, 2.45) is 0 Å². The van der Waals surface area contributed by atoms with E-state index in [4.69, 9.17) is 9.47 Å². The fraction of sp³-hybridized carbons (Fsp3) is 0.455. The number of rotatable bonds is 3. The molecule has 1 fully saturated rings. The lowest BCUT2D eigenvalue weighted by Crippen LogP contribution is -2.16. The quantitative estimate of drug-likeness (QED) is 0.620. The second kappa shape index (κ2) is 4.43. The van der Waals surface area contributed by atoms with E-state index in [-0.39, 0.29) is 11.8 Å². The topological polar surface area (TPSA) is 85.7 Å². The highest BCUT2D eigenvalue weighted by atomic mass is 16.6. The van der Waals surface area contributed by atoms with Crippen molar-refractivity contribution in [1.29, 1.82) is 0 Å². The van der Waals surface area contributed by atoms with Gasteiger partial charge in [0, 0.05) is 25.1 Å². The summed E-state index contributed by atoms with van der Waals surface area (Å²) < 4.78 is 10.9. The number of nitrogens with one attached hydrogen (secondary N) is 2. The van der Waals surface area contributed by atoms with Crippen molar-refractivity contribution in [3.8, 4) is 5.75 Å². The number of anilines is 1. The van der Waals surface area contributed by atoms with Gasteiger partial charge < -0.3 is 14.9 Å². The van der Waals surface area contributed by atoms with Gasteiger partial charge in [-0.1, -0.05) is 0 Å². The summed E-state index contributed by atoms with van der Waals surface area (Å²) in [7, 11) is 0. The second-order valence-electron chi connectivity index (χ2n) is 4.32. The van der Waals surface area contributed by atoms with Crippen molar-refractivity contribution in [2.75, 3.05) is 18.6 Å². The molecule has 1 atom stereocenters. The third-order valence-corrected chi connectivity index (χ3v) is 3.06. The molecule has 7 nitrogen and oxygen atoms in total. The summed E-state index contributed by atoms with van der Waals surface area (Å²) >= 11 is 0. The number of nitro groups is 1. The van der Waals surface area contributed by atoms with Gasteiger partial charge in [-0.2, -0.15) is 0 Å². The largest absolute Gasteiger partial charge is 0.481 e. The van der Waals surface area contributed by atoms with E-state index in [2.05, 4.69) is 10.9 Å². The van der Waals surface area contributed by atoms with Crippen LogP contribution < -0.4 is 15.6 Å². The van der Waals surface area contributed by atoms with Gasteiger partial charge in [0.05, 0.1) is 23.8 Å². The maximum atomic E-state index is 11.0. The molecule has 7 heteroatoms. The van der Waals surface area contributed by atoms with E-state index in [1.807, 2.05) is 0 Å². The Morgan fingerprint density at radius 2 is 2.39 bits per heavy atom. The zero-order chi connectivity index (χ0) is 12.5. The number of nitrogens with zero attached hydrogens (tertiary/aromatic N) is 1. The molecule has 2 aliphatic rings. The summed E-state index contributed by atoms with van der Waals surface area (Å²) in [6.07, 6.45) is 0.663. The van der Waals surface area contributed by atoms with Crippen LogP contribution >= 0.6 is 0 Å². The van der Waals surface area contributed by atoms with Gasteiger partial charge in [0.1, 0.15) is 6.10 Å². The highest BCUT2D eigenvalue weighted by Crippen LogP contribution is 2.36. The first kappa shape index (κ1) is 11.2. The molecule has 18 heavy (non-hydrogen) atoms. The average Bonchev–Trinajstić information content (AvgIpc) is 2.97. The van der Waals surface area contributed by atoms with Crippen molar-refractivity contribution >= 4 is 11.4 Å². The SMILES string of the molecule is O=[N+]([O-])c1cc2c(cc1O[C@H]1CCOC1)NNC2. The molecule has 0 spiro atoms. The average molecular weight is 251 g/mol. The first-order chi connectivity index (χ1) is 8.74. The molecule has 1 saturated heterocycles. The van der Waals surface area contributed by atoms with E-state index >= 15 is 0 Å². The number of fused-ring (bicyclic) bond motifs is 1. The maximum absolute atomic E-state index is 11.0. The summed E-state index contributed by atoms with van der Waals surface area (Å²) in [5.74, 6) is 0.297. The van der Waals surface area contributed by atoms with Crippen LogP contribution in [0.3, 0.4) is 0 Å². The minimum atomic E-state index is -0.413. The van der Waals surface area contributed by atoms with Crippen molar-refractivity contribution in [2.45, 2.75) is 19.1 Å². The molecular weight excluding hydrogens is 238 g/mol. The predicted molar refractivity (Wildman–Crippen MR) is 63.4 cm³/mol. The third kappa shape index (κ3) is 1.98. The van der Waals surface area contributed by atoms with Crippen LogP contribution in [0.15, 0.2) is 12.1 Å². The van der Waals surface area contributed by atoms with Crippen LogP contribution in [0.1, 0.15) is 12.0 Å². The summed E-state index contributed by atoms with van der Waals surface area (Å²) in [5.41, 5.74) is 7.58. The van der Waals surface area contributed by atoms with Crippen LogP contribution in [0.25, 0.3) is 0 Å². The van der Waals surface area contributed by atoms with Gasteiger partial charge in [0.25, 0.3) is 0 Å². The lowest BCUT2D eigenvalue weighted by molar-refractivity contribution is -0.386. The smallest absolute Gasteiger partial charge is 0.311 e. The summed E-state index contributed by atoms with van der Waals surface area (Å²) in [6, 6.07) is 3.22. The normalized spacial score (nSPS) is 21.4. The number of benzene rings is 1. The van der Waals surface area contributed by atoms with Crippen LogP contribution in [0, 0.1) is 10.1 Å². The van der Waals surface area contributed by atoms with Crippen molar-refractivity contribution in [1.82, 2.24) is 5.43 Å². The van der Waals surface area contributed by atoms with Crippen molar-refractivity contribution in [3.05, 3.63) is 27.8 Å².